The van der Waals surface area contributed by atoms with Gasteiger partial charge in [-0.15, -0.1) is 0 Å². The van der Waals surface area contributed by atoms with Gasteiger partial charge in [-0.1, -0.05) is 18.2 Å². The van der Waals surface area contributed by atoms with Gasteiger partial charge >= 0.3 is 11.8 Å². The summed E-state index contributed by atoms with van der Waals surface area (Å²) >= 11 is 0. The van der Waals surface area contributed by atoms with E-state index in [1.165, 1.54) is 0 Å². The van der Waals surface area contributed by atoms with E-state index in [1.807, 2.05) is 37.3 Å². The van der Waals surface area contributed by atoms with Crippen LogP contribution in [0.1, 0.15) is 18.1 Å². The van der Waals surface area contributed by atoms with E-state index in [2.05, 4.69) is 5.32 Å². The summed E-state index contributed by atoms with van der Waals surface area (Å²) < 4.78 is 11.7. The van der Waals surface area contributed by atoms with Crippen molar-refractivity contribution < 1.29 is 13.9 Å². The van der Waals surface area contributed by atoms with Gasteiger partial charge in [0.1, 0.15) is 0 Å². The summed E-state index contributed by atoms with van der Waals surface area (Å²) in [4.78, 5) is 23.6. The quantitative estimate of drug-likeness (QED) is 0.796. The molecule has 2 aromatic carbocycles. The fourth-order valence-electron chi connectivity index (χ4n) is 2.54. The van der Waals surface area contributed by atoms with Crippen LogP contribution in [0.4, 0.5) is 10.5 Å². The van der Waals surface area contributed by atoms with Gasteiger partial charge in [0.2, 0.25) is 0 Å². The first-order valence-electron chi connectivity index (χ1n) is 7.69. The average molecular weight is 326 g/mol. The maximum atomic E-state index is 12.1. The minimum atomic E-state index is -0.504. The van der Waals surface area contributed by atoms with E-state index in [4.69, 9.17) is 9.15 Å². The summed E-state index contributed by atoms with van der Waals surface area (Å²) in [6.07, 6.45) is -0.504. The zero-order valence-corrected chi connectivity index (χ0v) is 13.5. The molecular weight excluding hydrogens is 308 g/mol. The Bertz CT molecular complexity index is 940. The van der Waals surface area contributed by atoms with Gasteiger partial charge < -0.3 is 9.15 Å². The number of amides is 1. The second-order valence-electron chi connectivity index (χ2n) is 5.47. The maximum absolute atomic E-state index is 12.1. The Balaban J connectivity index is 1.88. The molecule has 124 valence electrons. The molecule has 0 bridgehead atoms. The normalized spacial score (nSPS) is 10.8. The summed E-state index contributed by atoms with van der Waals surface area (Å²) in [5, 5.41) is 2.65. The van der Waals surface area contributed by atoms with Gasteiger partial charge in [-0.2, -0.15) is 0 Å². The number of anilines is 1. The molecule has 0 spiro atoms. The molecular formula is C18H18N2O4. The zero-order chi connectivity index (χ0) is 17.1. The Morgan fingerprint density at radius 1 is 1.25 bits per heavy atom. The van der Waals surface area contributed by atoms with Crippen LogP contribution >= 0.6 is 0 Å². The molecule has 24 heavy (non-hydrogen) atoms. The highest BCUT2D eigenvalue weighted by Crippen LogP contribution is 2.17. The van der Waals surface area contributed by atoms with Crippen LogP contribution < -0.4 is 11.1 Å². The smallest absolute Gasteiger partial charge is 0.420 e. The van der Waals surface area contributed by atoms with Crippen molar-refractivity contribution in [1.82, 2.24) is 4.57 Å². The molecule has 0 saturated carbocycles. The van der Waals surface area contributed by atoms with Crippen LogP contribution in [0, 0.1) is 6.92 Å². The number of ether oxygens (including phenoxy) is 1. The Morgan fingerprint density at radius 2 is 2.08 bits per heavy atom. The number of oxazole rings is 1. The van der Waals surface area contributed by atoms with Crippen LogP contribution in [0.25, 0.3) is 11.1 Å². The summed E-state index contributed by atoms with van der Waals surface area (Å²) in [5.41, 5.74) is 3.83. The highest BCUT2D eigenvalue weighted by molar-refractivity contribution is 5.84. The van der Waals surface area contributed by atoms with Crippen LogP contribution in [-0.2, 0) is 11.3 Å². The van der Waals surface area contributed by atoms with E-state index in [-0.39, 0.29) is 0 Å². The SMILES string of the molecule is CCOC(=O)Nc1cccc(Cn2c(=O)oc3cc(C)ccc32)c1. The van der Waals surface area contributed by atoms with E-state index >= 15 is 0 Å². The second-order valence-corrected chi connectivity index (χ2v) is 5.47. The zero-order valence-electron chi connectivity index (χ0n) is 13.5. The Labute approximate surface area is 138 Å². The molecule has 6 heteroatoms. The average Bonchev–Trinajstić information content (AvgIpc) is 2.83. The number of carbonyl (C=O) groups is 1. The monoisotopic (exact) mass is 326 g/mol. The number of fused-ring (bicyclic) bond motifs is 1. The van der Waals surface area contributed by atoms with Crippen molar-refractivity contribution in [2.24, 2.45) is 0 Å². The van der Waals surface area contributed by atoms with Crippen molar-refractivity contribution >= 4 is 22.9 Å². The molecule has 0 fully saturated rings. The lowest BCUT2D eigenvalue weighted by molar-refractivity contribution is 0.168. The number of benzene rings is 2. The highest BCUT2D eigenvalue weighted by Gasteiger charge is 2.10. The predicted octanol–water partition coefficient (Wildman–Crippen LogP) is 3.52. The van der Waals surface area contributed by atoms with Crippen molar-refractivity contribution in [3.63, 3.8) is 0 Å². The minimum absolute atomic E-state index is 0.307. The summed E-state index contributed by atoms with van der Waals surface area (Å²) in [5.74, 6) is -0.403. The van der Waals surface area contributed by atoms with Crippen molar-refractivity contribution in [2.45, 2.75) is 20.4 Å². The Morgan fingerprint density at radius 3 is 2.88 bits per heavy atom. The van der Waals surface area contributed by atoms with Crippen LogP contribution in [0.3, 0.4) is 0 Å². The number of nitrogens with one attached hydrogen (secondary N) is 1. The predicted molar refractivity (Wildman–Crippen MR) is 91.4 cm³/mol. The van der Waals surface area contributed by atoms with Gasteiger partial charge in [0.15, 0.2) is 5.58 Å². The van der Waals surface area contributed by atoms with Gasteiger partial charge in [-0.3, -0.25) is 9.88 Å². The lowest BCUT2D eigenvalue weighted by atomic mass is 10.2. The summed E-state index contributed by atoms with van der Waals surface area (Å²) in [7, 11) is 0. The van der Waals surface area contributed by atoms with Crippen molar-refractivity contribution in [2.75, 3.05) is 11.9 Å². The first-order chi connectivity index (χ1) is 11.6. The fourth-order valence-corrected chi connectivity index (χ4v) is 2.54. The first-order valence-corrected chi connectivity index (χ1v) is 7.69. The Kier molecular flexibility index (Phi) is 4.37. The molecule has 1 N–H and O–H groups in total. The molecule has 0 radical (unpaired) electrons. The van der Waals surface area contributed by atoms with Crippen LogP contribution in [0.5, 0.6) is 0 Å². The molecule has 3 rings (SSSR count). The van der Waals surface area contributed by atoms with Gasteiger partial charge in [-0.25, -0.2) is 9.59 Å². The number of carbonyl (C=O) groups excluding carboxylic acids is 1. The third kappa shape index (κ3) is 3.32. The number of aromatic nitrogens is 1. The lowest BCUT2D eigenvalue weighted by Crippen LogP contribution is -2.16. The topological polar surface area (TPSA) is 73.5 Å². The highest BCUT2D eigenvalue weighted by atomic mass is 16.5. The van der Waals surface area contributed by atoms with Gasteiger partial charge in [-0.05, 0) is 49.2 Å². The van der Waals surface area contributed by atoms with E-state index < -0.39 is 11.8 Å². The van der Waals surface area contributed by atoms with Crippen LogP contribution in [0.2, 0.25) is 0 Å². The van der Waals surface area contributed by atoms with Gasteiger partial charge in [0.05, 0.1) is 18.7 Å². The molecule has 0 aliphatic carbocycles. The standard InChI is InChI=1S/C18H18N2O4/c1-3-23-17(21)19-14-6-4-5-13(10-14)11-20-15-8-7-12(2)9-16(15)24-18(20)22/h4-10H,3,11H2,1-2H3,(H,19,21). The number of hydrogen-bond donors (Lipinski definition) is 1. The molecule has 0 atom stereocenters. The van der Waals surface area contributed by atoms with Crippen molar-refractivity contribution in [3.8, 4) is 0 Å². The molecule has 0 unspecified atom stereocenters. The molecule has 3 aromatic rings. The number of rotatable bonds is 4. The molecule has 0 aliphatic rings. The minimum Gasteiger partial charge on any atom is -0.450 e. The fraction of sp³-hybridized carbons (Fsp3) is 0.222. The van der Waals surface area contributed by atoms with Crippen molar-refractivity contribution in [3.05, 3.63) is 64.1 Å². The van der Waals surface area contributed by atoms with E-state index in [1.54, 1.807) is 23.6 Å². The number of nitrogens with zero attached hydrogens (tertiary/aromatic N) is 1. The summed E-state index contributed by atoms with van der Waals surface area (Å²) in [6, 6.07) is 12.9. The maximum Gasteiger partial charge on any atom is 0.420 e. The molecule has 0 saturated heterocycles. The van der Waals surface area contributed by atoms with Gasteiger partial charge in [0, 0.05) is 5.69 Å². The first kappa shape index (κ1) is 15.9. The van der Waals surface area contributed by atoms with E-state index in [0.29, 0.717) is 24.4 Å². The number of aryl methyl sites for hydroxylation is 1. The third-order valence-corrected chi connectivity index (χ3v) is 3.61. The largest absolute Gasteiger partial charge is 0.450 e. The summed E-state index contributed by atoms with van der Waals surface area (Å²) in [6.45, 7) is 4.35. The van der Waals surface area contributed by atoms with Crippen molar-refractivity contribution in [1.29, 1.82) is 0 Å². The molecule has 6 nitrogen and oxygen atoms in total. The third-order valence-electron chi connectivity index (χ3n) is 3.61. The van der Waals surface area contributed by atoms with E-state index in [0.717, 1.165) is 16.6 Å². The molecule has 1 amide bonds. The molecule has 0 aliphatic heterocycles. The van der Waals surface area contributed by atoms with Crippen LogP contribution in [0.15, 0.2) is 51.7 Å². The lowest BCUT2D eigenvalue weighted by Gasteiger charge is -2.08. The van der Waals surface area contributed by atoms with Crippen LogP contribution in [-0.4, -0.2) is 17.3 Å². The Hall–Kier alpha value is -3.02. The number of hydrogen-bond acceptors (Lipinski definition) is 4. The second kappa shape index (κ2) is 6.62. The van der Waals surface area contributed by atoms with Gasteiger partial charge in [0.25, 0.3) is 0 Å². The van der Waals surface area contributed by atoms with E-state index in [9.17, 15) is 9.59 Å². The molecule has 1 aromatic heterocycles. The molecule has 1 heterocycles.